The maximum absolute atomic E-state index is 12.4. The molecule has 5 nitrogen and oxygen atoms in total. The average Bonchev–Trinajstić information content (AvgIpc) is 3.27. The summed E-state index contributed by atoms with van der Waals surface area (Å²) in [7, 11) is 1.67. The number of hydrogen-bond acceptors (Lipinski definition) is 4. The van der Waals surface area contributed by atoms with Crippen molar-refractivity contribution in [2.24, 2.45) is 0 Å². The van der Waals surface area contributed by atoms with Gasteiger partial charge in [0.05, 0.1) is 13.2 Å². The maximum atomic E-state index is 12.4. The van der Waals surface area contributed by atoms with Gasteiger partial charge in [-0.1, -0.05) is 38.1 Å². The molecule has 1 amide bonds. The number of carbonyl (C=O) groups is 1. The molecule has 1 aliphatic heterocycles. The molecule has 1 saturated heterocycles. The van der Waals surface area contributed by atoms with Gasteiger partial charge in [-0.3, -0.25) is 9.69 Å². The summed E-state index contributed by atoms with van der Waals surface area (Å²) in [4.78, 5) is 14.8. The molecule has 0 saturated carbocycles. The molecule has 2 aromatic rings. The van der Waals surface area contributed by atoms with E-state index in [4.69, 9.17) is 9.47 Å². The molecule has 0 bridgehead atoms. The van der Waals surface area contributed by atoms with E-state index in [1.54, 1.807) is 7.11 Å². The van der Waals surface area contributed by atoms with Crippen molar-refractivity contribution >= 4 is 5.91 Å². The second kappa shape index (κ2) is 10.3. The number of amides is 1. The Morgan fingerprint density at radius 2 is 1.55 bits per heavy atom. The van der Waals surface area contributed by atoms with E-state index >= 15 is 0 Å². The van der Waals surface area contributed by atoms with Crippen LogP contribution >= 0.6 is 0 Å². The van der Waals surface area contributed by atoms with Gasteiger partial charge in [0, 0.05) is 6.54 Å². The largest absolute Gasteiger partial charge is 0.497 e. The summed E-state index contributed by atoms with van der Waals surface area (Å²) in [6.07, 6.45) is 2.41. The fourth-order valence-electron chi connectivity index (χ4n) is 3.70. The van der Waals surface area contributed by atoms with Crippen LogP contribution in [-0.4, -0.2) is 44.2 Å². The molecule has 0 radical (unpaired) electrons. The zero-order valence-corrected chi connectivity index (χ0v) is 17.7. The predicted molar refractivity (Wildman–Crippen MR) is 116 cm³/mol. The van der Waals surface area contributed by atoms with Crippen LogP contribution in [-0.2, 0) is 4.79 Å². The van der Waals surface area contributed by atoms with Crippen molar-refractivity contribution < 1.29 is 14.3 Å². The zero-order valence-electron chi connectivity index (χ0n) is 17.7. The van der Waals surface area contributed by atoms with Gasteiger partial charge in [-0.15, -0.1) is 0 Å². The first kappa shape index (κ1) is 21.2. The average molecular weight is 397 g/mol. The molecule has 156 valence electrons. The summed E-state index contributed by atoms with van der Waals surface area (Å²) < 4.78 is 10.9. The van der Waals surface area contributed by atoms with Gasteiger partial charge in [-0.05, 0) is 67.2 Å². The molecule has 1 N–H and O–H groups in total. The van der Waals surface area contributed by atoms with Gasteiger partial charge in [-0.25, -0.2) is 0 Å². The second-order valence-electron chi connectivity index (χ2n) is 7.85. The number of nitrogens with zero attached hydrogens (tertiary/aromatic N) is 1. The minimum absolute atomic E-state index is 0.0242. The summed E-state index contributed by atoms with van der Waals surface area (Å²) >= 11 is 0. The van der Waals surface area contributed by atoms with Gasteiger partial charge in [0.2, 0.25) is 0 Å². The van der Waals surface area contributed by atoms with Gasteiger partial charge in [0.15, 0.2) is 6.61 Å². The Balaban J connectivity index is 1.54. The van der Waals surface area contributed by atoms with Gasteiger partial charge in [-0.2, -0.15) is 0 Å². The first-order chi connectivity index (χ1) is 14.1. The number of hydrogen-bond donors (Lipinski definition) is 1. The molecule has 2 aromatic carbocycles. The van der Waals surface area contributed by atoms with Gasteiger partial charge in [0.25, 0.3) is 5.91 Å². The van der Waals surface area contributed by atoms with E-state index in [1.807, 2.05) is 36.4 Å². The highest BCUT2D eigenvalue weighted by Crippen LogP contribution is 2.26. The molecule has 1 atom stereocenters. The number of rotatable bonds is 9. The van der Waals surface area contributed by atoms with Crippen LogP contribution in [0.2, 0.25) is 0 Å². The van der Waals surface area contributed by atoms with Gasteiger partial charge < -0.3 is 14.8 Å². The smallest absolute Gasteiger partial charge is 0.258 e. The van der Waals surface area contributed by atoms with Crippen LogP contribution < -0.4 is 14.8 Å². The van der Waals surface area contributed by atoms with E-state index < -0.39 is 0 Å². The lowest BCUT2D eigenvalue weighted by molar-refractivity contribution is -0.123. The number of likely N-dealkylation sites (tertiary alicyclic amines) is 1. The van der Waals surface area contributed by atoms with E-state index in [-0.39, 0.29) is 18.6 Å². The van der Waals surface area contributed by atoms with Crippen LogP contribution in [0.3, 0.4) is 0 Å². The third kappa shape index (κ3) is 5.97. The van der Waals surface area contributed by atoms with E-state index in [1.165, 1.54) is 24.0 Å². The molecule has 0 unspecified atom stereocenters. The third-order valence-electron chi connectivity index (χ3n) is 5.49. The molecular weight excluding hydrogens is 364 g/mol. The van der Waals surface area contributed by atoms with Crippen molar-refractivity contribution in [3.8, 4) is 11.5 Å². The number of benzene rings is 2. The van der Waals surface area contributed by atoms with Crippen molar-refractivity contribution in [2.75, 3.05) is 33.4 Å². The summed E-state index contributed by atoms with van der Waals surface area (Å²) in [6, 6.07) is 16.2. The monoisotopic (exact) mass is 396 g/mol. The Morgan fingerprint density at radius 1 is 0.966 bits per heavy atom. The third-order valence-corrected chi connectivity index (χ3v) is 5.49. The number of ether oxygens (including phenoxy) is 2. The fourth-order valence-corrected chi connectivity index (χ4v) is 3.70. The van der Waals surface area contributed by atoms with Crippen LogP contribution in [0.1, 0.15) is 49.8 Å². The van der Waals surface area contributed by atoms with Crippen molar-refractivity contribution in [1.29, 1.82) is 0 Å². The molecular formula is C24H32N2O3. The summed E-state index contributed by atoms with van der Waals surface area (Å²) in [5, 5.41) is 3.05. The predicted octanol–water partition coefficient (Wildman–Crippen LogP) is 4.15. The van der Waals surface area contributed by atoms with Crippen LogP contribution in [0.25, 0.3) is 0 Å². The number of nitrogens with one attached hydrogen (secondary N) is 1. The van der Waals surface area contributed by atoms with Crippen molar-refractivity contribution in [2.45, 2.75) is 38.6 Å². The van der Waals surface area contributed by atoms with Gasteiger partial charge >= 0.3 is 0 Å². The Kier molecular flexibility index (Phi) is 7.53. The Hall–Kier alpha value is -2.53. The molecule has 1 aliphatic rings. The summed E-state index contributed by atoms with van der Waals surface area (Å²) in [5.41, 5.74) is 2.45. The quantitative estimate of drug-likeness (QED) is 0.692. The number of methoxy groups -OCH3 is 1. The van der Waals surface area contributed by atoms with E-state index in [2.05, 4.69) is 36.2 Å². The van der Waals surface area contributed by atoms with Gasteiger partial charge in [0.1, 0.15) is 11.5 Å². The van der Waals surface area contributed by atoms with Crippen molar-refractivity contribution in [1.82, 2.24) is 10.2 Å². The van der Waals surface area contributed by atoms with E-state index in [0.717, 1.165) is 24.6 Å². The highest BCUT2D eigenvalue weighted by molar-refractivity contribution is 5.77. The van der Waals surface area contributed by atoms with Crippen LogP contribution in [0.5, 0.6) is 11.5 Å². The topological polar surface area (TPSA) is 50.8 Å². The highest BCUT2D eigenvalue weighted by atomic mass is 16.5. The van der Waals surface area contributed by atoms with Crippen molar-refractivity contribution in [3.05, 3.63) is 59.7 Å². The van der Waals surface area contributed by atoms with Crippen LogP contribution in [0.15, 0.2) is 48.5 Å². The molecule has 1 heterocycles. The SMILES string of the molecule is COc1ccc([C@@H](CNC(=O)COc2ccc(C(C)C)cc2)N2CCCC2)cc1. The second-order valence-corrected chi connectivity index (χ2v) is 7.85. The molecule has 0 aliphatic carbocycles. The molecule has 0 spiro atoms. The van der Waals surface area contributed by atoms with Crippen molar-refractivity contribution in [3.63, 3.8) is 0 Å². The minimum atomic E-state index is -0.101. The maximum Gasteiger partial charge on any atom is 0.258 e. The lowest BCUT2D eigenvalue weighted by atomic mass is 10.0. The fraction of sp³-hybridized carbons (Fsp3) is 0.458. The Morgan fingerprint density at radius 3 is 2.14 bits per heavy atom. The first-order valence-corrected chi connectivity index (χ1v) is 10.4. The minimum Gasteiger partial charge on any atom is -0.497 e. The molecule has 29 heavy (non-hydrogen) atoms. The Bertz CT molecular complexity index is 766. The standard InChI is InChI=1S/C24H32N2O3/c1-18(2)19-6-12-22(13-7-19)29-17-24(27)25-16-23(26-14-4-5-15-26)20-8-10-21(28-3)11-9-20/h6-13,18,23H,4-5,14-17H2,1-3H3,(H,25,27)/t23-/m1/s1. The molecule has 1 fully saturated rings. The number of carbonyl (C=O) groups excluding carboxylic acids is 1. The summed E-state index contributed by atoms with van der Waals surface area (Å²) in [6.45, 7) is 7.03. The Labute approximate surface area is 174 Å². The van der Waals surface area contributed by atoms with Crippen LogP contribution in [0.4, 0.5) is 0 Å². The van der Waals surface area contributed by atoms with Crippen LogP contribution in [0, 0.1) is 0 Å². The molecule has 5 heteroatoms. The van der Waals surface area contributed by atoms with E-state index in [0.29, 0.717) is 12.5 Å². The van der Waals surface area contributed by atoms with E-state index in [9.17, 15) is 4.79 Å². The lowest BCUT2D eigenvalue weighted by Gasteiger charge is -2.28. The zero-order chi connectivity index (χ0) is 20.6. The molecule has 3 rings (SSSR count). The lowest BCUT2D eigenvalue weighted by Crippen LogP contribution is -2.38. The normalized spacial score (nSPS) is 15.3. The summed E-state index contributed by atoms with van der Waals surface area (Å²) in [5.74, 6) is 1.94. The highest BCUT2D eigenvalue weighted by Gasteiger charge is 2.24. The molecule has 0 aromatic heterocycles. The first-order valence-electron chi connectivity index (χ1n) is 10.4.